The number of hydrogen-bond donors (Lipinski definition) is 3. The molecule has 0 aromatic rings. The van der Waals surface area contributed by atoms with Gasteiger partial charge in [-0.1, -0.05) is 0 Å². The summed E-state index contributed by atoms with van der Waals surface area (Å²) in [6.45, 7) is 0. The second kappa shape index (κ2) is 5.14. The van der Waals surface area contributed by atoms with Crippen molar-refractivity contribution in [2.24, 2.45) is 0 Å². The summed E-state index contributed by atoms with van der Waals surface area (Å²) in [5.74, 6) is -8.10. The van der Waals surface area contributed by atoms with E-state index in [4.69, 9.17) is 15.3 Å². The summed E-state index contributed by atoms with van der Waals surface area (Å²) in [6, 6.07) is 0. The summed E-state index contributed by atoms with van der Waals surface area (Å²) in [6.07, 6.45) is -5.34. The Morgan fingerprint density at radius 1 is 0.882 bits per heavy atom. The average molecular weight is 254 g/mol. The standard InChI is InChI=1S/C8H5F3O6/c9-8(10,11)4(12)2-1-3(6(14)15)5(13)7(16)17/h1-2,13H,(H,14,15)(H,16,17). The van der Waals surface area contributed by atoms with Crippen LogP contribution < -0.4 is 0 Å². The van der Waals surface area contributed by atoms with Gasteiger partial charge in [-0.2, -0.15) is 13.2 Å². The topological polar surface area (TPSA) is 112 Å². The number of hydrogen-bond acceptors (Lipinski definition) is 4. The van der Waals surface area contributed by atoms with Gasteiger partial charge in [-0.05, 0) is 12.2 Å². The summed E-state index contributed by atoms with van der Waals surface area (Å²) >= 11 is 0. The SMILES string of the molecule is O=C(O)C(O)=C(C=CC(=O)C(F)(F)F)C(=O)O. The number of aliphatic carboxylic acids is 2. The zero-order valence-electron chi connectivity index (χ0n) is 7.85. The molecule has 0 bridgehead atoms. The zero-order valence-corrected chi connectivity index (χ0v) is 7.85. The molecule has 0 fully saturated rings. The van der Waals surface area contributed by atoms with Crippen molar-refractivity contribution in [3.63, 3.8) is 0 Å². The average Bonchev–Trinajstić information content (AvgIpc) is 2.15. The largest absolute Gasteiger partial charge is 0.501 e. The van der Waals surface area contributed by atoms with E-state index in [2.05, 4.69) is 0 Å². The Morgan fingerprint density at radius 2 is 1.35 bits per heavy atom. The van der Waals surface area contributed by atoms with Crippen LogP contribution in [0.5, 0.6) is 0 Å². The minimum Gasteiger partial charge on any atom is -0.501 e. The Morgan fingerprint density at radius 3 is 1.65 bits per heavy atom. The number of allylic oxidation sites excluding steroid dienone is 1. The maximum atomic E-state index is 11.7. The fraction of sp³-hybridized carbons (Fsp3) is 0.125. The highest BCUT2D eigenvalue weighted by atomic mass is 19.4. The zero-order chi connectivity index (χ0) is 13.8. The molecule has 0 amide bonds. The molecule has 0 aliphatic heterocycles. The highest BCUT2D eigenvalue weighted by Crippen LogP contribution is 2.17. The lowest BCUT2D eigenvalue weighted by atomic mass is 10.2. The first-order valence-electron chi connectivity index (χ1n) is 3.76. The van der Waals surface area contributed by atoms with Crippen LogP contribution in [0.15, 0.2) is 23.5 Å². The molecule has 0 radical (unpaired) electrons. The van der Waals surface area contributed by atoms with Crippen molar-refractivity contribution in [1.82, 2.24) is 0 Å². The van der Waals surface area contributed by atoms with E-state index < -0.39 is 35.2 Å². The minimum absolute atomic E-state index is 0.0572. The quantitative estimate of drug-likeness (QED) is 0.386. The van der Waals surface area contributed by atoms with Gasteiger partial charge in [0.25, 0.3) is 5.78 Å². The molecule has 0 spiro atoms. The molecule has 9 heteroatoms. The van der Waals surface area contributed by atoms with E-state index in [0.717, 1.165) is 0 Å². The summed E-state index contributed by atoms with van der Waals surface area (Å²) in [5, 5.41) is 25.3. The predicted octanol–water partition coefficient (Wildman–Crippen LogP) is 0.655. The molecule has 94 valence electrons. The van der Waals surface area contributed by atoms with Gasteiger partial charge in [-0.15, -0.1) is 0 Å². The van der Waals surface area contributed by atoms with Gasteiger partial charge in [0.2, 0.25) is 5.76 Å². The van der Waals surface area contributed by atoms with Gasteiger partial charge < -0.3 is 15.3 Å². The molecule has 0 saturated heterocycles. The molecule has 0 aliphatic carbocycles. The van der Waals surface area contributed by atoms with E-state index in [1.807, 2.05) is 0 Å². The first-order chi connectivity index (χ1) is 7.57. The highest BCUT2D eigenvalue weighted by Gasteiger charge is 2.36. The van der Waals surface area contributed by atoms with E-state index in [0.29, 0.717) is 0 Å². The summed E-state index contributed by atoms with van der Waals surface area (Å²) in [4.78, 5) is 30.9. The lowest BCUT2D eigenvalue weighted by Gasteiger charge is -2.00. The second-order valence-corrected chi connectivity index (χ2v) is 2.57. The van der Waals surface area contributed by atoms with Gasteiger partial charge in [0.05, 0.1) is 0 Å². The number of ketones is 1. The van der Waals surface area contributed by atoms with Crippen LogP contribution in [0.25, 0.3) is 0 Å². The molecule has 0 unspecified atom stereocenters. The molecule has 3 N–H and O–H groups in total. The minimum atomic E-state index is -5.21. The van der Waals surface area contributed by atoms with Crippen molar-refractivity contribution < 1.29 is 42.9 Å². The third-order valence-corrected chi connectivity index (χ3v) is 1.37. The normalized spacial score (nSPS) is 13.4. The number of carbonyl (C=O) groups is 3. The monoisotopic (exact) mass is 254 g/mol. The molecular formula is C8H5F3O6. The van der Waals surface area contributed by atoms with Crippen LogP contribution >= 0.6 is 0 Å². The number of rotatable bonds is 4. The molecule has 0 aliphatic rings. The van der Waals surface area contributed by atoms with Crippen molar-refractivity contribution in [1.29, 1.82) is 0 Å². The molecule has 0 rings (SSSR count). The Balaban J connectivity index is 5.26. The molecule has 17 heavy (non-hydrogen) atoms. The fourth-order valence-electron chi connectivity index (χ4n) is 0.620. The van der Waals surface area contributed by atoms with Crippen LogP contribution in [-0.4, -0.2) is 39.2 Å². The smallest absolute Gasteiger partial charge is 0.454 e. The number of carboxylic acid groups (broad SMARTS) is 2. The van der Waals surface area contributed by atoms with Crippen molar-refractivity contribution >= 4 is 17.7 Å². The van der Waals surface area contributed by atoms with Gasteiger partial charge in [0.15, 0.2) is 0 Å². The van der Waals surface area contributed by atoms with Crippen LogP contribution in [0.3, 0.4) is 0 Å². The molecular weight excluding hydrogens is 249 g/mol. The Bertz CT molecular complexity index is 417. The van der Waals surface area contributed by atoms with E-state index >= 15 is 0 Å². The number of aliphatic hydroxyl groups excluding tert-OH is 1. The Kier molecular flexibility index (Phi) is 4.44. The number of carboxylic acids is 2. The van der Waals surface area contributed by atoms with Gasteiger partial charge in [-0.25, -0.2) is 9.59 Å². The number of carbonyl (C=O) groups excluding carboxylic acids is 1. The third kappa shape index (κ3) is 4.36. The van der Waals surface area contributed by atoms with Crippen molar-refractivity contribution in [2.45, 2.75) is 6.18 Å². The molecule has 0 aromatic carbocycles. The number of alkyl halides is 3. The van der Waals surface area contributed by atoms with E-state index in [9.17, 15) is 27.6 Å². The van der Waals surface area contributed by atoms with Gasteiger partial charge in [0, 0.05) is 0 Å². The first kappa shape index (κ1) is 14.7. The van der Waals surface area contributed by atoms with Gasteiger partial charge >= 0.3 is 18.1 Å². The van der Waals surface area contributed by atoms with Crippen LogP contribution in [0.4, 0.5) is 13.2 Å². The van der Waals surface area contributed by atoms with Gasteiger partial charge in [-0.3, -0.25) is 4.79 Å². The first-order valence-corrected chi connectivity index (χ1v) is 3.76. The lowest BCUT2D eigenvalue weighted by Crippen LogP contribution is -2.20. The van der Waals surface area contributed by atoms with E-state index in [1.165, 1.54) is 0 Å². The van der Waals surface area contributed by atoms with Crippen LogP contribution in [0.2, 0.25) is 0 Å². The maximum absolute atomic E-state index is 11.7. The summed E-state index contributed by atoms with van der Waals surface area (Å²) < 4.78 is 35.2. The molecule has 0 heterocycles. The van der Waals surface area contributed by atoms with Gasteiger partial charge in [0.1, 0.15) is 5.57 Å². The maximum Gasteiger partial charge on any atom is 0.454 e. The van der Waals surface area contributed by atoms with Crippen molar-refractivity contribution in [3.8, 4) is 0 Å². The Labute approximate surface area is 91.3 Å². The molecule has 6 nitrogen and oxygen atoms in total. The predicted molar refractivity (Wildman–Crippen MR) is 45.1 cm³/mol. The van der Waals surface area contributed by atoms with Crippen LogP contribution in [-0.2, 0) is 14.4 Å². The molecule has 0 saturated carbocycles. The molecule has 0 aromatic heterocycles. The fourth-order valence-corrected chi connectivity index (χ4v) is 0.620. The summed E-state index contributed by atoms with van der Waals surface area (Å²) in [7, 11) is 0. The Hall–Kier alpha value is -2.32. The summed E-state index contributed by atoms with van der Waals surface area (Å²) in [5.41, 5.74) is -1.34. The number of halogens is 3. The molecule has 0 atom stereocenters. The third-order valence-electron chi connectivity index (χ3n) is 1.37. The van der Waals surface area contributed by atoms with Crippen LogP contribution in [0, 0.1) is 0 Å². The van der Waals surface area contributed by atoms with E-state index in [1.54, 1.807) is 0 Å². The van der Waals surface area contributed by atoms with Crippen molar-refractivity contribution in [3.05, 3.63) is 23.5 Å². The number of aliphatic hydroxyl groups is 1. The van der Waals surface area contributed by atoms with E-state index in [-0.39, 0.29) is 12.2 Å². The van der Waals surface area contributed by atoms with Crippen LogP contribution in [0.1, 0.15) is 0 Å². The second-order valence-electron chi connectivity index (χ2n) is 2.57. The lowest BCUT2D eigenvalue weighted by molar-refractivity contribution is -0.165. The highest BCUT2D eigenvalue weighted by molar-refractivity contribution is 6.02. The van der Waals surface area contributed by atoms with Crippen molar-refractivity contribution in [2.75, 3.05) is 0 Å².